The van der Waals surface area contributed by atoms with Gasteiger partial charge in [0.15, 0.2) is 11.0 Å². The Bertz CT molecular complexity index is 1220. The Morgan fingerprint density at radius 2 is 1.77 bits per heavy atom. The number of aryl methyl sites for hydroxylation is 2. The lowest BCUT2D eigenvalue weighted by atomic mass is 10.1. The molecule has 0 radical (unpaired) electrons. The van der Waals surface area contributed by atoms with Crippen molar-refractivity contribution < 1.29 is 22.7 Å². The summed E-state index contributed by atoms with van der Waals surface area (Å²) < 4.78 is 46.3. The Kier molecular flexibility index (Phi) is 7.61. The monoisotopic (exact) mass is 502 g/mol. The molecular formula is C25H25F3N4O2S. The van der Waals surface area contributed by atoms with Crippen LogP contribution in [0.4, 0.5) is 13.2 Å². The van der Waals surface area contributed by atoms with E-state index >= 15 is 0 Å². The minimum atomic E-state index is -4.93. The summed E-state index contributed by atoms with van der Waals surface area (Å²) in [7, 11) is 0. The van der Waals surface area contributed by atoms with Gasteiger partial charge < -0.3 is 9.64 Å². The Balaban J connectivity index is 1.70. The molecular weight excluding hydrogens is 477 g/mol. The minimum absolute atomic E-state index is 0.125. The number of morpholine rings is 1. The largest absolute Gasteiger partial charge is 0.454 e. The first kappa shape index (κ1) is 25.0. The first-order valence-electron chi connectivity index (χ1n) is 11.1. The third-order valence-corrected chi connectivity index (χ3v) is 6.72. The van der Waals surface area contributed by atoms with Crippen molar-refractivity contribution in [3.8, 4) is 17.1 Å². The molecule has 6 nitrogen and oxygen atoms in total. The zero-order valence-corrected chi connectivity index (χ0v) is 20.2. The van der Waals surface area contributed by atoms with Crippen LogP contribution < -0.4 is 0 Å². The average molecular weight is 503 g/mol. The highest BCUT2D eigenvalue weighted by atomic mass is 32.2. The molecule has 0 unspecified atom stereocenters. The molecule has 1 aromatic heterocycles. The molecule has 2 heterocycles. The van der Waals surface area contributed by atoms with Crippen LogP contribution in [0, 0.1) is 13.8 Å². The second kappa shape index (κ2) is 10.7. The molecule has 35 heavy (non-hydrogen) atoms. The van der Waals surface area contributed by atoms with E-state index in [0.717, 1.165) is 22.4 Å². The molecule has 0 bridgehead atoms. The third kappa shape index (κ3) is 5.94. The van der Waals surface area contributed by atoms with Gasteiger partial charge in [0.1, 0.15) is 0 Å². The average Bonchev–Trinajstić information content (AvgIpc) is 3.27. The maximum atomic E-state index is 13.0. The summed E-state index contributed by atoms with van der Waals surface area (Å²) >= 11 is 1.24. The molecule has 10 heteroatoms. The Morgan fingerprint density at radius 1 is 1.06 bits per heavy atom. The summed E-state index contributed by atoms with van der Waals surface area (Å²) in [5, 5.41) is 9.28. The van der Waals surface area contributed by atoms with Crippen LogP contribution in [0.3, 0.4) is 0 Å². The van der Waals surface area contributed by atoms with E-state index in [4.69, 9.17) is 4.74 Å². The van der Waals surface area contributed by atoms with Gasteiger partial charge in [-0.2, -0.15) is 13.2 Å². The van der Waals surface area contributed by atoms with E-state index in [1.165, 1.54) is 11.8 Å². The van der Waals surface area contributed by atoms with Crippen molar-refractivity contribution in [2.24, 2.45) is 0 Å². The van der Waals surface area contributed by atoms with Gasteiger partial charge in [-0.05, 0) is 37.1 Å². The standard InChI is InChI=1S/C25H25F3N4O2S/c1-17-8-9-20(14-18(17)2)32-23(19-6-4-3-5-7-19)29-30-24(32)35-16-21(15-22(33)25(26,27)28)31-10-12-34-13-11-31/h3-9,14-15H,10-13,16H2,1-2H3. The van der Waals surface area contributed by atoms with Gasteiger partial charge in [-0.3, -0.25) is 9.36 Å². The van der Waals surface area contributed by atoms with E-state index < -0.39 is 12.0 Å². The van der Waals surface area contributed by atoms with Crippen LogP contribution in [0.2, 0.25) is 0 Å². The van der Waals surface area contributed by atoms with Crippen molar-refractivity contribution in [3.05, 3.63) is 71.4 Å². The van der Waals surface area contributed by atoms with Crippen LogP contribution >= 0.6 is 11.8 Å². The van der Waals surface area contributed by atoms with Crippen LogP contribution in [0.5, 0.6) is 0 Å². The second-order valence-corrected chi connectivity index (χ2v) is 9.10. The lowest BCUT2D eigenvalue weighted by molar-refractivity contribution is -0.165. The number of ether oxygens (including phenoxy) is 1. The van der Waals surface area contributed by atoms with E-state index in [0.29, 0.717) is 43.4 Å². The summed E-state index contributed by atoms with van der Waals surface area (Å²) in [5.41, 5.74) is 4.23. The number of hydrogen-bond acceptors (Lipinski definition) is 6. The third-order valence-electron chi connectivity index (χ3n) is 5.76. The first-order valence-corrected chi connectivity index (χ1v) is 12.1. The van der Waals surface area contributed by atoms with Crippen LogP contribution in [0.1, 0.15) is 11.1 Å². The van der Waals surface area contributed by atoms with E-state index in [-0.39, 0.29) is 11.4 Å². The van der Waals surface area contributed by atoms with Gasteiger partial charge >= 0.3 is 6.18 Å². The van der Waals surface area contributed by atoms with Crippen molar-refractivity contribution in [1.29, 1.82) is 0 Å². The van der Waals surface area contributed by atoms with Gasteiger partial charge in [-0.25, -0.2) is 0 Å². The topological polar surface area (TPSA) is 60.2 Å². The molecule has 1 aliphatic heterocycles. The molecule has 0 amide bonds. The number of halogens is 3. The predicted molar refractivity (Wildman–Crippen MR) is 129 cm³/mol. The molecule has 2 aromatic carbocycles. The van der Waals surface area contributed by atoms with Crippen molar-refractivity contribution in [3.63, 3.8) is 0 Å². The molecule has 0 N–H and O–H groups in total. The molecule has 0 aliphatic carbocycles. The van der Waals surface area contributed by atoms with E-state index in [9.17, 15) is 18.0 Å². The molecule has 184 valence electrons. The highest BCUT2D eigenvalue weighted by Crippen LogP contribution is 2.31. The number of carbonyl (C=O) groups excluding carboxylic acids is 1. The number of rotatable bonds is 7. The molecule has 0 spiro atoms. The molecule has 4 rings (SSSR count). The zero-order valence-electron chi connectivity index (χ0n) is 19.4. The number of carbonyl (C=O) groups is 1. The number of alkyl halides is 3. The van der Waals surface area contributed by atoms with Gasteiger partial charge in [-0.1, -0.05) is 48.2 Å². The molecule has 3 aromatic rings. The maximum absolute atomic E-state index is 13.0. The number of nitrogens with zero attached hydrogens (tertiary/aromatic N) is 4. The van der Waals surface area contributed by atoms with Gasteiger partial charge in [-0.15, -0.1) is 10.2 Å². The highest BCUT2D eigenvalue weighted by molar-refractivity contribution is 7.99. The fraction of sp³-hybridized carbons (Fsp3) is 0.320. The number of ketones is 1. The van der Waals surface area contributed by atoms with E-state index in [2.05, 4.69) is 10.2 Å². The highest BCUT2D eigenvalue weighted by Gasteiger charge is 2.37. The van der Waals surface area contributed by atoms with Crippen molar-refractivity contribution >= 4 is 17.5 Å². The van der Waals surface area contributed by atoms with Crippen molar-refractivity contribution in [1.82, 2.24) is 19.7 Å². The van der Waals surface area contributed by atoms with Gasteiger partial charge in [0.25, 0.3) is 5.78 Å². The number of benzene rings is 2. The van der Waals surface area contributed by atoms with Crippen LogP contribution in [-0.4, -0.2) is 63.7 Å². The number of allylic oxidation sites excluding steroid dienone is 1. The number of aromatic nitrogens is 3. The van der Waals surface area contributed by atoms with Gasteiger partial charge in [0, 0.05) is 36.2 Å². The maximum Gasteiger partial charge on any atom is 0.454 e. The van der Waals surface area contributed by atoms with Gasteiger partial charge in [0.05, 0.1) is 18.9 Å². The second-order valence-electron chi connectivity index (χ2n) is 8.16. The van der Waals surface area contributed by atoms with Crippen LogP contribution in [-0.2, 0) is 9.53 Å². The predicted octanol–water partition coefficient (Wildman–Crippen LogP) is 4.99. The fourth-order valence-electron chi connectivity index (χ4n) is 3.68. The molecule has 1 saturated heterocycles. The summed E-state index contributed by atoms with van der Waals surface area (Å²) in [6.07, 6.45) is -4.24. The lowest BCUT2D eigenvalue weighted by Crippen LogP contribution is -2.37. The molecule has 0 saturated carbocycles. The van der Waals surface area contributed by atoms with E-state index in [1.54, 1.807) is 4.90 Å². The molecule has 1 fully saturated rings. The van der Waals surface area contributed by atoms with Crippen molar-refractivity contribution in [2.75, 3.05) is 32.1 Å². The summed E-state index contributed by atoms with van der Waals surface area (Å²) in [6, 6.07) is 15.6. The number of thioether (sulfide) groups is 1. The number of hydrogen-bond donors (Lipinski definition) is 0. The lowest BCUT2D eigenvalue weighted by Gasteiger charge is -2.31. The Hall–Kier alpha value is -3.11. The van der Waals surface area contributed by atoms with Crippen LogP contribution in [0.15, 0.2) is 65.5 Å². The molecule has 0 atom stereocenters. The Labute approximate surface area is 205 Å². The van der Waals surface area contributed by atoms with Crippen LogP contribution in [0.25, 0.3) is 17.1 Å². The van der Waals surface area contributed by atoms with Crippen molar-refractivity contribution in [2.45, 2.75) is 25.2 Å². The smallest absolute Gasteiger partial charge is 0.378 e. The molecule has 1 aliphatic rings. The fourth-order valence-corrected chi connectivity index (χ4v) is 4.64. The summed E-state index contributed by atoms with van der Waals surface area (Å²) in [6.45, 7) is 5.64. The normalized spacial score (nSPS) is 14.9. The summed E-state index contributed by atoms with van der Waals surface area (Å²) in [5.74, 6) is -1.13. The zero-order chi connectivity index (χ0) is 25.0. The van der Waals surface area contributed by atoms with Gasteiger partial charge in [0.2, 0.25) is 0 Å². The SMILES string of the molecule is Cc1ccc(-n2c(SCC(=CC(=O)C(F)(F)F)N3CCOCC3)nnc2-c2ccccc2)cc1C. The Morgan fingerprint density at radius 3 is 2.43 bits per heavy atom. The first-order chi connectivity index (χ1) is 16.7. The summed E-state index contributed by atoms with van der Waals surface area (Å²) in [4.78, 5) is 13.5. The van der Waals surface area contributed by atoms with E-state index in [1.807, 2.05) is 66.9 Å². The quantitative estimate of drug-likeness (QED) is 0.335. The minimum Gasteiger partial charge on any atom is -0.378 e.